The number of carbonyl (C=O) groups is 2. The van der Waals surface area contributed by atoms with Crippen LogP contribution in [0.5, 0.6) is 0 Å². The molecule has 1 fully saturated rings. The van der Waals surface area contributed by atoms with Crippen molar-refractivity contribution in [3.63, 3.8) is 0 Å². The van der Waals surface area contributed by atoms with Crippen molar-refractivity contribution >= 4 is 23.2 Å². The van der Waals surface area contributed by atoms with E-state index in [1.165, 1.54) is 28.9 Å². The highest BCUT2D eigenvalue weighted by Gasteiger charge is 2.28. The number of hydrogen-bond acceptors (Lipinski definition) is 3. The van der Waals surface area contributed by atoms with Gasteiger partial charge in [0.15, 0.2) is 0 Å². The lowest BCUT2D eigenvalue weighted by molar-refractivity contribution is -0.120. The largest absolute Gasteiger partial charge is 0.354 e. The molecule has 1 aromatic heterocycles. The summed E-state index contributed by atoms with van der Waals surface area (Å²) in [4.78, 5) is 24.5. The molecule has 0 radical (unpaired) electrons. The van der Waals surface area contributed by atoms with E-state index in [4.69, 9.17) is 0 Å². The van der Waals surface area contributed by atoms with Crippen LogP contribution >= 0.6 is 11.3 Å². The molecule has 2 aliphatic rings. The van der Waals surface area contributed by atoms with Gasteiger partial charge in [0.1, 0.15) is 6.04 Å². The van der Waals surface area contributed by atoms with E-state index in [1.807, 2.05) is 0 Å². The number of thiophene rings is 1. The summed E-state index contributed by atoms with van der Waals surface area (Å²) in [5.74, 6) is -0.140. The number of fused-ring (bicyclic) bond motifs is 1. The summed E-state index contributed by atoms with van der Waals surface area (Å²) in [6.07, 6.45) is 5.16. The quantitative estimate of drug-likeness (QED) is 0.844. The van der Waals surface area contributed by atoms with E-state index in [0.717, 1.165) is 24.1 Å². The molecule has 1 aliphatic carbocycles. The van der Waals surface area contributed by atoms with E-state index in [1.54, 1.807) is 0 Å². The number of rotatable bonds is 2. The fourth-order valence-electron chi connectivity index (χ4n) is 2.67. The average Bonchev–Trinajstić information content (AvgIpc) is 2.96. The molecule has 1 aromatic rings. The minimum absolute atomic E-state index is 0.0613. The van der Waals surface area contributed by atoms with E-state index < -0.39 is 0 Å². The number of carbonyl (C=O) groups excluding carboxylic acids is 2. The molecule has 0 saturated carbocycles. The smallest absolute Gasteiger partial charge is 0.262 e. The van der Waals surface area contributed by atoms with Crippen molar-refractivity contribution in [1.82, 2.24) is 10.6 Å². The van der Waals surface area contributed by atoms with E-state index in [0.29, 0.717) is 13.0 Å². The van der Waals surface area contributed by atoms with E-state index in [9.17, 15) is 9.59 Å². The van der Waals surface area contributed by atoms with Crippen LogP contribution in [-0.2, 0) is 17.6 Å². The maximum Gasteiger partial charge on any atom is 0.262 e. The molecule has 5 heteroatoms. The first-order chi connectivity index (χ1) is 8.75. The molecule has 96 valence electrons. The summed E-state index contributed by atoms with van der Waals surface area (Å²) in [6.45, 7) is 0.659. The van der Waals surface area contributed by atoms with E-state index in [2.05, 4.69) is 16.0 Å². The lowest BCUT2D eigenvalue weighted by Crippen LogP contribution is -2.40. The third-order valence-corrected chi connectivity index (χ3v) is 4.73. The number of amides is 2. The summed E-state index contributed by atoms with van der Waals surface area (Å²) in [6, 6.07) is -0.348. The SMILES string of the molecule is O=C(N[C@@H]1CCNC1=O)c1scc2c1CCCC2. The topological polar surface area (TPSA) is 58.2 Å². The molecule has 2 amide bonds. The van der Waals surface area contributed by atoms with E-state index in [-0.39, 0.29) is 17.9 Å². The van der Waals surface area contributed by atoms with Crippen LogP contribution in [0, 0.1) is 0 Å². The predicted molar refractivity (Wildman–Crippen MR) is 69.8 cm³/mol. The van der Waals surface area contributed by atoms with Crippen LogP contribution in [0.15, 0.2) is 5.38 Å². The molecular weight excluding hydrogens is 248 g/mol. The van der Waals surface area contributed by atoms with Crippen molar-refractivity contribution in [1.29, 1.82) is 0 Å². The van der Waals surface area contributed by atoms with Gasteiger partial charge in [0.2, 0.25) is 5.91 Å². The Morgan fingerprint density at radius 1 is 1.39 bits per heavy atom. The minimum Gasteiger partial charge on any atom is -0.354 e. The zero-order valence-corrected chi connectivity index (χ0v) is 10.9. The summed E-state index contributed by atoms with van der Waals surface area (Å²) in [5.41, 5.74) is 2.54. The summed E-state index contributed by atoms with van der Waals surface area (Å²) < 4.78 is 0. The van der Waals surface area contributed by atoms with Gasteiger partial charge in [-0.15, -0.1) is 11.3 Å². The molecule has 3 rings (SSSR count). The molecule has 4 nitrogen and oxygen atoms in total. The van der Waals surface area contributed by atoms with Crippen LogP contribution in [0.4, 0.5) is 0 Å². The van der Waals surface area contributed by atoms with Gasteiger partial charge in [0.25, 0.3) is 5.91 Å². The molecule has 0 spiro atoms. The molecule has 2 heterocycles. The van der Waals surface area contributed by atoms with Gasteiger partial charge in [-0.2, -0.15) is 0 Å². The van der Waals surface area contributed by atoms with E-state index >= 15 is 0 Å². The molecule has 18 heavy (non-hydrogen) atoms. The molecule has 1 saturated heterocycles. The Balaban J connectivity index is 1.76. The molecule has 0 bridgehead atoms. The van der Waals surface area contributed by atoms with Crippen LogP contribution in [-0.4, -0.2) is 24.4 Å². The van der Waals surface area contributed by atoms with Gasteiger partial charge in [-0.3, -0.25) is 9.59 Å². The summed E-state index contributed by atoms with van der Waals surface area (Å²) in [5, 5.41) is 7.67. The lowest BCUT2D eigenvalue weighted by atomic mass is 9.94. The van der Waals surface area contributed by atoms with Crippen molar-refractivity contribution in [2.24, 2.45) is 0 Å². The second-order valence-corrected chi connectivity index (χ2v) is 5.76. The molecule has 1 atom stereocenters. The zero-order valence-electron chi connectivity index (χ0n) is 10.1. The van der Waals surface area contributed by atoms with Crippen molar-refractivity contribution in [3.8, 4) is 0 Å². The van der Waals surface area contributed by atoms with Gasteiger partial charge < -0.3 is 10.6 Å². The number of hydrogen-bond donors (Lipinski definition) is 2. The van der Waals surface area contributed by atoms with Gasteiger partial charge in [0.05, 0.1) is 4.88 Å². The Bertz CT molecular complexity index is 495. The molecule has 2 N–H and O–H groups in total. The summed E-state index contributed by atoms with van der Waals surface area (Å²) >= 11 is 1.51. The third-order valence-electron chi connectivity index (χ3n) is 3.66. The Labute approximate surface area is 110 Å². The van der Waals surface area contributed by atoms with Crippen molar-refractivity contribution in [2.45, 2.75) is 38.1 Å². The monoisotopic (exact) mass is 264 g/mol. The van der Waals surface area contributed by atoms with Gasteiger partial charge >= 0.3 is 0 Å². The number of nitrogens with one attached hydrogen (secondary N) is 2. The fourth-order valence-corrected chi connectivity index (χ4v) is 3.73. The highest BCUT2D eigenvalue weighted by molar-refractivity contribution is 7.12. The van der Waals surface area contributed by atoms with Gasteiger partial charge in [0, 0.05) is 6.54 Å². The van der Waals surface area contributed by atoms with Crippen molar-refractivity contribution < 1.29 is 9.59 Å². The highest BCUT2D eigenvalue weighted by Crippen LogP contribution is 2.29. The van der Waals surface area contributed by atoms with Crippen molar-refractivity contribution in [3.05, 3.63) is 21.4 Å². The zero-order chi connectivity index (χ0) is 12.5. The third kappa shape index (κ3) is 2.03. The Morgan fingerprint density at radius 3 is 3.00 bits per heavy atom. The van der Waals surface area contributed by atoms with Crippen molar-refractivity contribution in [2.75, 3.05) is 6.54 Å². The van der Waals surface area contributed by atoms with Crippen LogP contribution in [0.2, 0.25) is 0 Å². The Hall–Kier alpha value is -1.36. The molecule has 0 unspecified atom stereocenters. The first kappa shape index (κ1) is 11.7. The fraction of sp³-hybridized carbons (Fsp3) is 0.538. The second-order valence-electron chi connectivity index (χ2n) is 4.88. The van der Waals surface area contributed by atoms with Gasteiger partial charge in [-0.25, -0.2) is 0 Å². The van der Waals surface area contributed by atoms with Crippen LogP contribution in [0.3, 0.4) is 0 Å². The van der Waals surface area contributed by atoms with Crippen LogP contribution < -0.4 is 10.6 Å². The maximum atomic E-state index is 12.2. The minimum atomic E-state index is -0.348. The maximum absolute atomic E-state index is 12.2. The first-order valence-corrected chi connectivity index (χ1v) is 7.31. The van der Waals surface area contributed by atoms with Gasteiger partial charge in [-0.1, -0.05) is 0 Å². The standard InChI is InChI=1S/C13H16N2O2S/c16-12-10(5-6-14-12)15-13(17)11-9-4-2-1-3-8(9)7-18-11/h7,10H,1-6H2,(H,14,16)(H,15,17)/t10-/m1/s1. The Morgan fingerprint density at radius 2 is 2.22 bits per heavy atom. The normalized spacial score (nSPS) is 22.4. The van der Waals surface area contributed by atoms with Gasteiger partial charge in [-0.05, 0) is 48.6 Å². The molecule has 1 aliphatic heterocycles. The van der Waals surface area contributed by atoms with Crippen LogP contribution in [0.1, 0.15) is 40.1 Å². The summed E-state index contributed by atoms with van der Waals surface area (Å²) in [7, 11) is 0. The number of aryl methyl sites for hydroxylation is 1. The highest BCUT2D eigenvalue weighted by atomic mass is 32.1. The molecule has 0 aromatic carbocycles. The average molecular weight is 264 g/mol. The predicted octanol–water partition coefficient (Wildman–Crippen LogP) is 1.25. The second kappa shape index (κ2) is 4.72. The van der Waals surface area contributed by atoms with Crippen LogP contribution in [0.25, 0.3) is 0 Å². The first-order valence-electron chi connectivity index (χ1n) is 6.43. The molecular formula is C13H16N2O2S. The lowest BCUT2D eigenvalue weighted by Gasteiger charge is -2.14. The Kier molecular flexibility index (Phi) is 3.07.